The predicted octanol–water partition coefficient (Wildman–Crippen LogP) is 2.94. The van der Waals surface area contributed by atoms with Gasteiger partial charge in [-0.1, -0.05) is 19.9 Å². The summed E-state index contributed by atoms with van der Waals surface area (Å²) in [7, 11) is 0. The molecule has 1 saturated heterocycles. The van der Waals surface area contributed by atoms with E-state index < -0.39 is 11.6 Å². The van der Waals surface area contributed by atoms with E-state index in [9.17, 15) is 8.78 Å². The van der Waals surface area contributed by atoms with E-state index >= 15 is 0 Å². The number of rotatable bonds is 3. The molecule has 0 radical (unpaired) electrons. The number of nitrogens with two attached hydrogens (primary N) is 1. The molecule has 19 heavy (non-hydrogen) atoms. The Labute approximate surface area is 113 Å². The van der Waals surface area contributed by atoms with Gasteiger partial charge in [-0.15, -0.1) is 0 Å². The molecule has 0 saturated carbocycles. The van der Waals surface area contributed by atoms with Crippen molar-refractivity contribution in [3.63, 3.8) is 0 Å². The third kappa shape index (κ3) is 3.51. The minimum Gasteiger partial charge on any atom is -0.323 e. The van der Waals surface area contributed by atoms with Crippen LogP contribution < -0.4 is 5.73 Å². The van der Waals surface area contributed by atoms with Crippen LogP contribution in [0.1, 0.15) is 31.9 Å². The van der Waals surface area contributed by atoms with E-state index in [4.69, 9.17) is 5.73 Å². The maximum absolute atomic E-state index is 13.2. The Hall–Kier alpha value is -1.00. The van der Waals surface area contributed by atoms with Crippen LogP contribution >= 0.6 is 0 Å². The summed E-state index contributed by atoms with van der Waals surface area (Å²) < 4.78 is 26.1. The van der Waals surface area contributed by atoms with Crippen LogP contribution in [0.2, 0.25) is 0 Å². The molecule has 3 unspecified atom stereocenters. The molecule has 0 bridgehead atoms. The number of nitrogens with zero attached hydrogens (tertiary/aromatic N) is 1. The Morgan fingerprint density at radius 3 is 2.63 bits per heavy atom. The molecule has 1 aliphatic heterocycles. The van der Waals surface area contributed by atoms with Crippen molar-refractivity contribution in [2.24, 2.45) is 17.6 Å². The summed E-state index contributed by atoms with van der Waals surface area (Å²) in [5.41, 5.74) is 6.75. The first-order valence-electron chi connectivity index (χ1n) is 6.90. The highest BCUT2D eigenvalue weighted by molar-refractivity contribution is 5.21. The Morgan fingerprint density at radius 1 is 1.26 bits per heavy atom. The van der Waals surface area contributed by atoms with Crippen LogP contribution in [0.25, 0.3) is 0 Å². The van der Waals surface area contributed by atoms with Gasteiger partial charge in [0.1, 0.15) is 0 Å². The zero-order chi connectivity index (χ0) is 14.0. The summed E-state index contributed by atoms with van der Waals surface area (Å²) in [6.45, 7) is 7.28. The Bertz CT molecular complexity index is 436. The van der Waals surface area contributed by atoms with Gasteiger partial charge in [0.15, 0.2) is 11.6 Å². The molecule has 0 aliphatic carbocycles. The van der Waals surface area contributed by atoms with Crippen molar-refractivity contribution < 1.29 is 8.78 Å². The second kappa shape index (κ2) is 5.97. The second-order valence-electron chi connectivity index (χ2n) is 5.78. The Balaban J connectivity index is 1.97. The average molecular weight is 268 g/mol. The van der Waals surface area contributed by atoms with Crippen molar-refractivity contribution in [2.75, 3.05) is 19.6 Å². The monoisotopic (exact) mass is 268 g/mol. The largest absolute Gasteiger partial charge is 0.323 e. The molecular weight excluding hydrogens is 246 g/mol. The van der Waals surface area contributed by atoms with Crippen LogP contribution in [0, 0.1) is 23.5 Å². The highest BCUT2D eigenvalue weighted by Gasteiger charge is 2.24. The Kier molecular flexibility index (Phi) is 4.53. The number of benzene rings is 1. The quantitative estimate of drug-likeness (QED) is 0.913. The van der Waals surface area contributed by atoms with Crippen molar-refractivity contribution in [2.45, 2.75) is 26.3 Å². The maximum atomic E-state index is 13.2. The summed E-state index contributed by atoms with van der Waals surface area (Å²) in [5, 5.41) is 0. The first kappa shape index (κ1) is 14.4. The molecule has 2 nitrogen and oxygen atoms in total. The van der Waals surface area contributed by atoms with E-state index in [1.54, 1.807) is 6.07 Å². The minimum absolute atomic E-state index is 0.268. The fourth-order valence-electron chi connectivity index (χ4n) is 2.64. The van der Waals surface area contributed by atoms with Gasteiger partial charge in [0.05, 0.1) is 0 Å². The molecule has 0 aromatic heterocycles. The lowest BCUT2D eigenvalue weighted by Crippen LogP contribution is -2.41. The van der Waals surface area contributed by atoms with E-state index in [1.165, 1.54) is 12.5 Å². The van der Waals surface area contributed by atoms with Gasteiger partial charge in [-0.25, -0.2) is 8.78 Å². The lowest BCUT2D eigenvalue weighted by atomic mass is 9.88. The van der Waals surface area contributed by atoms with Gasteiger partial charge in [-0.05, 0) is 42.5 Å². The van der Waals surface area contributed by atoms with Crippen molar-refractivity contribution in [3.8, 4) is 0 Å². The van der Waals surface area contributed by atoms with Crippen LogP contribution in [-0.4, -0.2) is 24.5 Å². The highest BCUT2D eigenvalue weighted by atomic mass is 19.2. The second-order valence-corrected chi connectivity index (χ2v) is 5.78. The molecule has 1 fully saturated rings. The average Bonchev–Trinajstić information content (AvgIpc) is 2.37. The lowest BCUT2D eigenvalue weighted by Gasteiger charge is -2.36. The van der Waals surface area contributed by atoms with Gasteiger partial charge in [-0.2, -0.15) is 0 Å². The summed E-state index contributed by atoms with van der Waals surface area (Å²) in [6, 6.07) is 3.65. The normalized spacial score (nSPS) is 26.4. The summed E-state index contributed by atoms with van der Waals surface area (Å²) in [5.74, 6) is -0.244. The fourth-order valence-corrected chi connectivity index (χ4v) is 2.64. The highest BCUT2D eigenvalue weighted by Crippen LogP contribution is 2.24. The molecule has 106 valence electrons. The van der Waals surface area contributed by atoms with E-state index in [-0.39, 0.29) is 6.04 Å². The third-order valence-electron chi connectivity index (χ3n) is 4.24. The molecular formula is C15H22F2N2. The molecule has 0 spiro atoms. The van der Waals surface area contributed by atoms with Gasteiger partial charge < -0.3 is 10.6 Å². The number of halogens is 2. The van der Waals surface area contributed by atoms with Crippen LogP contribution in [-0.2, 0) is 0 Å². The minimum atomic E-state index is -0.825. The third-order valence-corrected chi connectivity index (χ3v) is 4.24. The van der Waals surface area contributed by atoms with Gasteiger partial charge in [0.25, 0.3) is 0 Å². The van der Waals surface area contributed by atoms with Gasteiger partial charge in [0.2, 0.25) is 0 Å². The zero-order valence-electron chi connectivity index (χ0n) is 11.6. The van der Waals surface area contributed by atoms with Gasteiger partial charge in [-0.3, -0.25) is 0 Å². The first-order valence-corrected chi connectivity index (χ1v) is 6.90. The lowest BCUT2D eigenvalue weighted by molar-refractivity contribution is 0.132. The predicted molar refractivity (Wildman–Crippen MR) is 72.7 cm³/mol. The topological polar surface area (TPSA) is 29.3 Å². The van der Waals surface area contributed by atoms with Crippen LogP contribution in [0.3, 0.4) is 0 Å². The molecule has 1 aromatic rings. The van der Waals surface area contributed by atoms with Crippen LogP contribution in [0.15, 0.2) is 18.2 Å². The standard InChI is InChI=1S/C15H22F2N2/c1-10-5-6-19(8-11(10)2)9-15(18)12-3-4-13(16)14(17)7-12/h3-4,7,10-11,15H,5-6,8-9,18H2,1-2H3. The first-order chi connectivity index (χ1) is 8.97. The van der Waals surface area contributed by atoms with Gasteiger partial charge in [0, 0.05) is 19.1 Å². The van der Waals surface area contributed by atoms with E-state index in [0.717, 1.165) is 25.1 Å². The van der Waals surface area contributed by atoms with E-state index in [2.05, 4.69) is 18.7 Å². The molecule has 1 aliphatic rings. The van der Waals surface area contributed by atoms with Crippen LogP contribution in [0.5, 0.6) is 0 Å². The van der Waals surface area contributed by atoms with Crippen molar-refractivity contribution in [1.29, 1.82) is 0 Å². The molecule has 4 heteroatoms. The number of likely N-dealkylation sites (tertiary alicyclic amines) is 1. The summed E-state index contributed by atoms with van der Waals surface area (Å²) in [6.07, 6.45) is 1.17. The molecule has 0 amide bonds. The number of hydrogen-bond donors (Lipinski definition) is 1. The fraction of sp³-hybridized carbons (Fsp3) is 0.600. The molecule has 1 aromatic carbocycles. The summed E-state index contributed by atoms with van der Waals surface area (Å²) in [4.78, 5) is 2.32. The van der Waals surface area contributed by atoms with Gasteiger partial charge >= 0.3 is 0 Å². The SMILES string of the molecule is CC1CCN(CC(N)c2ccc(F)c(F)c2)CC1C. The molecule has 1 heterocycles. The van der Waals surface area contributed by atoms with Crippen molar-refractivity contribution >= 4 is 0 Å². The smallest absolute Gasteiger partial charge is 0.159 e. The van der Waals surface area contributed by atoms with E-state index in [1.807, 2.05) is 0 Å². The molecule has 2 N–H and O–H groups in total. The molecule has 3 atom stereocenters. The Morgan fingerprint density at radius 2 is 2.00 bits per heavy atom. The number of piperidine rings is 1. The van der Waals surface area contributed by atoms with E-state index in [0.29, 0.717) is 18.0 Å². The summed E-state index contributed by atoms with van der Waals surface area (Å²) >= 11 is 0. The molecule has 2 rings (SSSR count). The van der Waals surface area contributed by atoms with Crippen molar-refractivity contribution in [1.82, 2.24) is 4.90 Å². The maximum Gasteiger partial charge on any atom is 0.159 e. The van der Waals surface area contributed by atoms with Crippen molar-refractivity contribution in [3.05, 3.63) is 35.4 Å². The van der Waals surface area contributed by atoms with Crippen LogP contribution in [0.4, 0.5) is 8.78 Å². The zero-order valence-corrected chi connectivity index (χ0v) is 11.6. The number of hydrogen-bond acceptors (Lipinski definition) is 2.